The summed E-state index contributed by atoms with van der Waals surface area (Å²) in [6.45, 7) is 8.46. The lowest BCUT2D eigenvalue weighted by Crippen LogP contribution is -2.60. The van der Waals surface area contributed by atoms with Gasteiger partial charge in [-0.2, -0.15) is 0 Å². The third kappa shape index (κ3) is 3.48. The molecule has 1 aromatic heterocycles. The van der Waals surface area contributed by atoms with Gasteiger partial charge in [-0.15, -0.1) is 0 Å². The maximum Gasteiger partial charge on any atom is 0.225 e. The van der Waals surface area contributed by atoms with Crippen LogP contribution in [0.25, 0.3) is 0 Å². The van der Waals surface area contributed by atoms with Gasteiger partial charge >= 0.3 is 0 Å². The molecule has 2 atom stereocenters. The molecule has 4 rings (SSSR count). The molecular formula is C18H28N6O. The molecule has 0 bridgehead atoms. The first kappa shape index (κ1) is 16.7. The summed E-state index contributed by atoms with van der Waals surface area (Å²) in [6.07, 6.45) is 5.35. The molecule has 0 radical (unpaired) electrons. The first-order valence-corrected chi connectivity index (χ1v) is 9.43. The summed E-state index contributed by atoms with van der Waals surface area (Å²) in [5.74, 6) is 1.42. The normalized spacial score (nSPS) is 29.6. The molecule has 0 spiro atoms. The fourth-order valence-corrected chi connectivity index (χ4v) is 4.58. The topological polar surface area (TPSA) is 73.4 Å². The van der Waals surface area contributed by atoms with E-state index in [0.29, 0.717) is 5.92 Å². The third-order valence-corrected chi connectivity index (χ3v) is 5.87. The number of likely N-dealkylation sites (tertiary alicyclic amines) is 1. The fourth-order valence-electron chi connectivity index (χ4n) is 4.58. The molecule has 136 valence electrons. The highest BCUT2D eigenvalue weighted by molar-refractivity contribution is 5.74. The van der Waals surface area contributed by atoms with Gasteiger partial charge in [-0.3, -0.25) is 9.69 Å². The van der Waals surface area contributed by atoms with E-state index in [2.05, 4.69) is 25.4 Å². The Morgan fingerprint density at radius 2 is 2.24 bits per heavy atom. The van der Waals surface area contributed by atoms with Crippen LogP contribution in [0.4, 0.5) is 5.95 Å². The SMILES string of the molecule is CC(=O)N[C@@]12CCN(Cc3ccnc(N4CCCC4)n3)C[C@@H]1CNC2. The van der Waals surface area contributed by atoms with Gasteiger partial charge in [0.2, 0.25) is 11.9 Å². The number of rotatable bonds is 4. The lowest BCUT2D eigenvalue weighted by Gasteiger charge is -2.43. The van der Waals surface area contributed by atoms with Crippen molar-refractivity contribution in [1.29, 1.82) is 0 Å². The largest absolute Gasteiger partial charge is 0.349 e. The molecule has 0 saturated carbocycles. The van der Waals surface area contributed by atoms with Crippen LogP contribution in [-0.2, 0) is 11.3 Å². The molecule has 7 heteroatoms. The molecular weight excluding hydrogens is 316 g/mol. The Morgan fingerprint density at radius 1 is 1.40 bits per heavy atom. The number of hydrogen-bond acceptors (Lipinski definition) is 6. The number of hydrogen-bond donors (Lipinski definition) is 2. The molecule has 0 unspecified atom stereocenters. The van der Waals surface area contributed by atoms with Crippen LogP contribution in [0.5, 0.6) is 0 Å². The number of piperidine rings is 1. The first-order chi connectivity index (χ1) is 12.1. The molecule has 3 saturated heterocycles. The number of amides is 1. The van der Waals surface area contributed by atoms with Crippen molar-refractivity contribution in [1.82, 2.24) is 25.5 Å². The summed E-state index contributed by atoms with van der Waals surface area (Å²) < 4.78 is 0. The van der Waals surface area contributed by atoms with E-state index in [4.69, 9.17) is 4.98 Å². The Morgan fingerprint density at radius 3 is 3.04 bits per heavy atom. The number of fused-ring (bicyclic) bond motifs is 1. The van der Waals surface area contributed by atoms with Crippen molar-refractivity contribution in [2.75, 3.05) is 44.2 Å². The van der Waals surface area contributed by atoms with Crippen molar-refractivity contribution in [3.8, 4) is 0 Å². The van der Waals surface area contributed by atoms with Gasteiger partial charge in [-0.1, -0.05) is 0 Å². The van der Waals surface area contributed by atoms with Crippen molar-refractivity contribution >= 4 is 11.9 Å². The summed E-state index contributed by atoms with van der Waals surface area (Å²) in [4.78, 5) is 25.6. The molecule has 0 aromatic carbocycles. The molecule has 0 aliphatic carbocycles. The first-order valence-electron chi connectivity index (χ1n) is 9.43. The van der Waals surface area contributed by atoms with Crippen LogP contribution in [-0.4, -0.2) is 65.6 Å². The van der Waals surface area contributed by atoms with Crippen molar-refractivity contribution in [3.63, 3.8) is 0 Å². The van der Waals surface area contributed by atoms with Crippen molar-refractivity contribution in [2.24, 2.45) is 5.92 Å². The van der Waals surface area contributed by atoms with E-state index >= 15 is 0 Å². The second-order valence-corrected chi connectivity index (χ2v) is 7.69. The summed E-state index contributed by atoms with van der Waals surface area (Å²) in [5, 5.41) is 6.69. The molecule has 1 amide bonds. The third-order valence-electron chi connectivity index (χ3n) is 5.87. The van der Waals surface area contributed by atoms with Crippen LogP contribution in [0, 0.1) is 5.92 Å². The Balaban J connectivity index is 1.41. The Kier molecular flexibility index (Phi) is 4.60. The van der Waals surface area contributed by atoms with Gasteiger partial charge in [0.1, 0.15) is 0 Å². The minimum Gasteiger partial charge on any atom is -0.349 e. The Labute approximate surface area is 149 Å². The number of nitrogens with zero attached hydrogens (tertiary/aromatic N) is 4. The van der Waals surface area contributed by atoms with Gasteiger partial charge < -0.3 is 15.5 Å². The number of carbonyl (C=O) groups excluding carboxylic acids is 1. The zero-order valence-corrected chi connectivity index (χ0v) is 15.0. The minimum atomic E-state index is -0.0608. The monoisotopic (exact) mass is 344 g/mol. The standard InChI is InChI=1S/C18H28N6O/c1-14(25)22-18-5-9-23(11-15(18)10-19-13-18)12-16-4-6-20-17(21-16)24-7-2-3-8-24/h4,6,15,19H,2-3,5,7-13H2,1H3,(H,22,25)/t15-,18+/m0/s1. The van der Waals surface area contributed by atoms with Gasteiger partial charge in [0.15, 0.2) is 0 Å². The van der Waals surface area contributed by atoms with Gasteiger partial charge in [0.25, 0.3) is 0 Å². The average Bonchev–Trinajstić information content (AvgIpc) is 3.24. The van der Waals surface area contributed by atoms with Crippen molar-refractivity contribution < 1.29 is 4.79 Å². The zero-order valence-electron chi connectivity index (χ0n) is 15.0. The molecule has 3 fully saturated rings. The van der Waals surface area contributed by atoms with Gasteiger partial charge in [0, 0.05) is 64.9 Å². The smallest absolute Gasteiger partial charge is 0.225 e. The predicted octanol–water partition coefficient (Wildman–Crippen LogP) is 0.377. The lowest BCUT2D eigenvalue weighted by molar-refractivity contribution is -0.121. The maximum atomic E-state index is 11.6. The molecule has 1 aromatic rings. The van der Waals surface area contributed by atoms with E-state index in [9.17, 15) is 4.79 Å². The van der Waals surface area contributed by atoms with Gasteiger partial charge in [0.05, 0.1) is 11.2 Å². The maximum absolute atomic E-state index is 11.6. The van der Waals surface area contributed by atoms with Gasteiger partial charge in [-0.05, 0) is 25.3 Å². The fraction of sp³-hybridized carbons (Fsp3) is 0.722. The highest BCUT2D eigenvalue weighted by Gasteiger charge is 2.46. The Hall–Kier alpha value is -1.73. The van der Waals surface area contributed by atoms with Gasteiger partial charge in [-0.25, -0.2) is 9.97 Å². The van der Waals surface area contributed by atoms with E-state index in [1.54, 1.807) is 6.92 Å². The summed E-state index contributed by atoms with van der Waals surface area (Å²) >= 11 is 0. The minimum absolute atomic E-state index is 0.0608. The van der Waals surface area contributed by atoms with E-state index in [0.717, 1.165) is 63.9 Å². The second kappa shape index (κ2) is 6.88. The number of aromatic nitrogens is 2. The van der Waals surface area contributed by atoms with Crippen LogP contribution < -0.4 is 15.5 Å². The molecule has 3 aliphatic heterocycles. The zero-order chi connectivity index (χ0) is 17.3. The summed E-state index contributed by atoms with van der Waals surface area (Å²) in [5.41, 5.74) is 1.03. The summed E-state index contributed by atoms with van der Waals surface area (Å²) in [6, 6.07) is 2.03. The van der Waals surface area contributed by atoms with Crippen LogP contribution in [0.3, 0.4) is 0 Å². The number of carbonyl (C=O) groups is 1. The quantitative estimate of drug-likeness (QED) is 0.823. The van der Waals surface area contributed by atoms with E-state index in [1.807, 2.05) is 12.3 Å². The van der Waals surface area contributed by atoms with Crippen molar-refractivity contribution in [2.45, 2.75) is 38.3 Å². The predicted molar refractivity (Wildman–Crippen MR) is 96.3 cm³/mol. The highest BCUT2D eigenvalue weighted by Crippen LogP contribution is 2.32. The molecule has 2 N–H and O–H groups in total. The van der Waals surface area contributed by atoms with Crippen LogP contribution in [0.1, 0.15) is 31.9 Å². The van der Waals surface area contributed by atoms with E-state index in [-0.39, 0.29) is 11.4 Å². The van der Waals surface area contributed by atoms with E-state index in [1.165, 1.54) is 12.8 Å². The van der Waals surface area contributed by atoms with Crippen LogP contribution in [0.15, 0.2) is 12.3 Å². The van der Waals surface area contributed by atoms with Crippen LogP contribution >= 0.6 is 0 Å². The van der Waals surface area contributed by atoms with E-state index < -0.39 is 0 Å². The van der Waals surface area contributed by atoms with Crippen molar-refractivity contribution in [3.05, 3.63) is 18.0 Å². The molecule has 4 heterocycles. The number of nitrogens with one attached hydrogen (secondary N) is 2. The Bertz CT molecular complexity index is 632. The highest BCUT2D eigenvalue weighted by atomic mass is 16.1. The summed E-state index contributed by atoms with van der Waals surface area (Å²) in [7, 11) is 0. The average molecular weight is 344 g/mol. The second-order valence-electron chi connectivity index (χ2n) is 7.69. The van der Waals surface area contributed by atoms with Crippen LogP contribution in [0.2, 0.25) is 0 Å². The number of anilines is 1. The molecule has 7 nitrogen and oxygen atoms in total. The molecule has 25 heavy (non-hydrogen) atoms. The molecule has 3 aliphatic rings. The lowest BCUT2D eigenvalue weighted by atomic mass is 9.80.